The zero-order valence-corrected chi connectivity index (χ0v) is 13.4. The van der Waals surface area contributed by atoms with E-state index in [0.29, 0.717) is 28.9 Å². The molecule has 0 unspecified atom stereocenters. The van der Waals surface area contributed by atoms with Gasteiger partial charge in [0.15, 0.2) is 10.1 Å². The maximum atomic E-state index is 12.3. The number of rotatable bonds is 4. The number of imidazole rings is 1. The molecule has 0 spiro atoms. The van der Waals surface area contributed by atoms with Crippen LogP contribution in [-0.2, 0) is 4.79 Å². The topological polar surface area (TPSA) is 79.1 Å². The van der Waals surface area contributed by atoms with Gasteiger partial charge in [0.25, 0.3) is 5.91 Å². The van der Waals surface area contributed by atoms with Gasteiger partial charge in [-0.15, -0.1) is 23.0 Å². The molecule has 22 heavy (non-hydrogen) atoms. The fourth-order valence-electron chi connectivity index (χ4n) is 2.11. The summed E-state index contributed by atoms with van der Waals surface area (Å²) in [7, 11) is 0. The molecule has 0 atom stereocenters. The monoisotopic (exact) mass is 335 g/mol. The van der Waals surface area contributed by atoms with Gasteiger partial charge in [-0.25, -0.2) is 10.4 Å². The van der Waals surface area contributed by atoms with Gasteiger partial charge in [-0.1, -0.05) is 17.8 Å². The van der Waals surface area contributed by atoms with Gasteiger partial charge in [0.05, 0.1) is 11.4 Å². The number of hydrazone groups is 1. The fraction of sp³-hybridized carbons (Fsp3) is 0.231. The molecule has 2 aromatic heterocycles. The Hall–Kier alpha value is -2.13. The molecule has 2 amide bonds. The number of hydrogen-bond acceptors (Lipinski definition) is 6. The van der Waals surface area contributed by atoms with Gasteiger partial charge in [-0.3, -0.25) is 18.9 Å². The van der Waals surface area contributed by atoms with Crippen molar-refractivity contribution >= 4 is 45.0 Å². The largest absolute Gasteiger partial charge is 0.290 e. The lowest BCUT2D eigenvalue weighted by Crippen LogP contribution is -2.32. The number of fused-ring (bicyclic) bond motifs is 1. The molecule has 3 heterocycles. The maximum Gasteiger partial charge on any atom is 0.290 e. The van der Waals surface area contributed by atoms with E-state index in [-0.39, 0.29) is 11.8 Å². The summed E-state index contributed by atoms with van der Waals surface area (Å²) in [5, 5.41) is 6.40. The number of nitrogens with one attached hydrogen (secondary N) is 1. The minimum atomic E-state index is -0.352. The smallest absolute Gasteiger partial charge is 0.286 e. The van der Waals surface area contributed by atoms with Crippen molar-refractivity contribution in [2.45, 2.75) is 6.92 Å². The van der Waals surface area contributed by atoms with E-state index in [2.05, 4.69) is 22.1 Å². The number of thiazole rings is 1. The first kappa shape index (κ1) is 14.8. The molecule has 7 nitrogen and oxygen atoms in total. The summed E-state index contributed by atoms with van der Waals surface area (Å²) >= 11 is 2.75. The predicted molar refractivity (Wildman–Crippen MR) is 87.1 cm³/mol. The van der Waals surface area contributed by atoms with E-state index in [1.807, 2.05) is 5.38 Å². The van der Waals surface area contributed by atoms with Crippen molar-refractivity contribution in [1.29, 1.82) is 0 Å². The standard InChI is InChI=1S/C13H13N5O2S2/c1-3-4-17-9(19)7-22-13(17)16-15-11(20)10-8(2)14-12-18(10)5-6-21-12/h3,5-6H,1,4,7H2,2H3,(H,15,20)/b16-13-. The first-order valence-electron chi connectivity index (χ1n) is 6.46. The fourth-order valence-corrected chi connectivity index (χ4v) is 3.72. The SMILES string of the molecule is C=CCN1C(=O)CS/C1=N\NC(=O)c1c(C)nc2sccn12. The molecule has 3 rings (SSSR count). The summed E-state index contributed by atoms with van der Waals surface area (Å²) in [5.41, 5.74) is 3.59. The van der Waals surface area contributed by atoms with Gasteiger partial charge in [-0.05, 0) is 6.92 Å². The molecule has 0 bridgehead atoms. The molecule has 1 saturated heterocycles. The lowest BCUT2D eigenvalue weighted by molar-refractivity contribution is -0.123. The van der Waals surface area contributed by atoms with Crippen molar-refractivity contribution in [2.24, 2.45) is 5.10 Å². The van der Waals surface area contributed by atoms with E-state index in [1.54, 1.807) is 23.6 Å². The quantitative estimate of drug-likeness (QED) is 0.678. The van der Waals surface area contributed by atoms with E-state index >= 15 is 0 Å². The molecule has 0 radical (unpaired) electrons. The number of amides is 2. The first-order valence-corrected chi connectivity index (χ1v) is 8.32. The number of carbonyl (C=O) groups is 2. The van der Waals surface area contributed by atoms with Crippen LogP contribution in [0.1, 0.15) is 16.2 Å². The third-order valence-electron chi connectivity index (χ3n) is 3.07. The van der Waals surface area contributed by atoms with E-state index in [4.69, 9.17) is 0 Å². The zero-order chi connectivity index (χ0) is 15.7. The Kier molecular flexibility index (Phi) is 3.99. The van der Waals surface area contributed by atoms with Gasteiger partial charge in [-0.2, -0.15) is 0 Å². The second-order valence-electron chi connectivity index (χ2n) is 4.52. The normalized spacial score (nSPS) is 16.7. The van der Waals surface area contributed by atoms with Crippen molar-refractivity contribution in [1.82, 2.24) is 19.7 Å². The van der Waals surface area contributed by atoms with Crippen LogP contribution in [0, 0.1) is 6.92 Å². The third-order valence-corrected chi connectivity index (χ3v) is 4.79. The minimum Gasteiger partial charge on any atom is -0.286 e. The van der Waals surface area contributed by atoms with Crippen molar-refractivity contribution in [3.05, 3.63) is 35.6 Å². The van der Waals surface area contributed by atoms with Crippen LogP contribution in [0.15, 0.2) is 29.3 Å². The predicted octanol–water partition coefficient (Wildman–Crippen LogP) is 1.47. The van der Waals surface area contributed by atoms with Gasteiger partial charge < -0.3 is 0 Å². The Bertz CT molecular complexity index is 792. The van der Waals surface area contributed by atoms with Gasteiger partial charge in [0.1, 0.15) is 5.69 Å². The summed E-state index contributed by atoms with van der Waals surface area (Å²) in [6, 6.07) is 0. The highest BCUT2D eigenvalue weighted by Crippen LogP contribution is 2.19. The van der Waals surface area contributed by atoms with Crippen LogP contribution in [-0.4, -0.2) is 43.6 Å². The van der Waals surface area contributed by atoms with Crippen LogP contribution in [0.4, 0.5) is 0 Å². The van der Waals surface area contributed by atoms with Crippen LogP contribution in [0.25, 0.3) is 4.96 Å². The molecule has 1 aliphatic rings. The minimum absolute atomic E-state index is 0.0429. The Balaban J connectivity index is 1.81. The number of amidine groups is 1. The summed E-state index contributed by atoms with van der Waals surface area (Å²) < 4.78 is 1.73. The Morgan fingerprint density at radius 2 is 2.45 bits per heavy atom. The van der Waals surface area contributed by atoms with E-state index in [1.165, 1.54) is 28.0 Å². The maximum absolute atomic E-state index is 12.3. The Morgan fingerprint density at radius 1 is 1.64 bits per heavy atom. The highest BCUT2D eigenvalue weighted by Gasteiger charge is 2.27. The van der Waals surface area contributed by atoms with E-state index in [9.17, 15) is 9.59 Å². The number of hydrogen-bond donors (Lipinski definition) is 1. The highest BCUT2D eigenvalue weighted by atomic mass is 32.2. The number of nitrogens with zero attached hydrogens (tertiary/aromatic N) is 4. The first-order chi connectivity index (χ1) is 10.6. The Morgan fingerprint density at radius 3 is 3.23 bits per heavy atom. The summed E-state index contributed by atoms with van der Waals surface area (Å²) in [6.45, 7) is 5.77. The molecular formula is C13H13N5O2S2. The van der Waals surface area contributed by atoms with E-state index < -0.39 is 0 Å². The average Bonchev–Trinajstić information content (AvgIpc) is 3.13. The molecule has 1 N–H and O–H groups in total. The van der Waals surface area contributed by atoms with Gasteiger partial charge in [0, 0.05) is 18.1 Å². The lowest BCUT2D eigenvalue weighted by Gasteiger charge is -2.12. The second-order valence-corrected chi connectivity index (χ2v) is 6.33. The summed E-state index contributed by atoms with van der Waals surface area (Å²) in [6.07, 6.45) is 3.41. The van der Waals surface area contributed by atoms with Crippen molar-refractivity contribution in [3.63, 3.8) is 0 Å². The van der Waals surface area contributed by atoms with Crippen LogP contribution >= 0.6 is 23.1 Å². The van der Waals surface area contributed by atoms with Crippen LogP contribution < -0.4 is 5.43 Å². The molecule has 2 aromatic rings. The molecule has 0 aliphatic carbocycles. The van der Waals surface area contributed by atoms with Crippen LogP contribution in [0.3, 0.4) is 0 Å². The Labute approximate surface area is 134 Å². The van der Waals surface area contributed by atoms with Crippen LogP contribution in [0.5, 0.6) is 0 Å². The van der Waals surface area contributed by atoms with Gasteiger partial charge >= 0.3 is 0 Å². The second kappa shape index (κ2) is 5.93. The number of carbonyl (C=O) groups excluding carboxylic acids is 2. The average molecular weight is 335 g/mol. The highest BCUT2D eigenvalue weighted by molar-refractivity contribution is 8.15. The van der Waals surface area contributed by atoms with Crippen LogP contribution in [0.2, 0.25) is 0 Å². The molecular weight excluding hydrogens is 322 g/mol. The summed E-state index contributed by atoms with van der Waals surface area (Å²) in [5.74, 6) is -0.0729. The number of thioether (sulfide) groups is 1. The summed E-state index contributed by atoms with van der Waals surface area (Å²) in [4.78, 5) is 30.6. The molecule has 0 saturated carbocycles. The molecule has 0 aromatic carbocycles. The number of aromatic nitrogens is 2. The molecule has 9 heteroatoms. The molecule has 1 fully saturated rings. The van der Waals surface area contributed by atoms with E-state index in [0.717, 1.165) is 4.96 Å². The van der Waals surface area contributed by atoms with Gasteiger partial charge in [0.2, 0.25) is 5.91 Å². The van der Waals surface area contributed by atoms with Crippen molar-refractivity contribution in [3.8, 4) is 0 Å². The number of aryl methyl sites for hydroxylation is 1. The zero-order valence-electron chi connectivity index (χ0n) is 11.8. The van der Waals surface area contributed by atoms with Crippen molar-refractivity contribution < 1.29 is 9.59 Å². The third kappa shape index (κ3) is 2.53. The lowest BCUT2D eigenvalue weighted by atomic mass is 10.3. The molecule has 114 valence electrons. The van der Waals surface area contributed by atoms with Crippen molar-refractivity contribution in [2.75, 3.05) is 12.3 Å². The molecule has 1 aliphatic heterocycles.